The van der Waals surface area contributed by atoms with Crippen LogP contribution in [-0.2, 0) is 28.8 Å². The Morgan fingerprint density at radius 1 is 0.396 bits per heavy atom. The second-order valence-electron chi connectivity index (χ2n) is 9.92. The zero-order valence-corrected chi connectivity index (χ0v) is 34.9. The monoisotopic (exact) mass is 892 g/mol. The van der Waals surface area contributed by atoms with Crippen LogP contribution < -0.4 is 30.6 Å². The molecule has 0 amide bonds. The number of carbonyl (C=O) groups excluding carboxylic acids is 6. The van der Waals surface area contributed by atoms with Crippen LogP contribution in [0, 0.1) is 0 Å². The number of carboxylic acid groups (broad SMARTS) is 6. The summed E-state index contributed by atoms with van der Waals surface area (Å²) in [6.45, 7) is 9.09. The zero-order valence-electron chi connectivity index (χ0n) is 29.2. The van der Waals surface area contributed by atoms with E-state index in [4.69, 9.17) is 0 Å². The SMILES string of the molecule is CC/C(=C/C(=O)[O-])C(=O)[O-].CC/C(=C/C(=O)[O-])C(=O)[O-].CC/C(=C/C(=O)[O-])C(=O)[O-].CCCCCCC[CH2][Sn+3].CCCCCCC[CH2][Sn+3]. The second kappa shape index (κ2) is 42.7. The van der Waals surface area contributed by atoms with Crippen molar-refractivity contribution in [3.63, 3.8) is 0 Å². The molecule has 14 heteroatoms. The molecule has 0 aromatic rings. The first-order chi connectivity index (χ1) is 22.6. The Hall–Kier alpha value is -2.36. The van der Waals surface area contributed by atoms with Crippen LogP contribution in [0.2, 0.25) is 8.87 Å². The number of hydrogen-bond acceptors (Lipinski definition) is 12. The van der Waals surface area contributed by atoms with E-state index in [0.29, 0.717) is 18.2 Å². The van der Waals surface area contributed by atoms with Crippen LogP contribution in [-0.4, -0.2) is 80.9 Å². The number of carboxylic acids is 6. The summed E-state index contributed by atoms with van der Waals surface area (Å²) in [5, 5.41) is 59.4. The van der Waals surface area contributed by atoms with Crippen LogP contribution in [0.3, 0.4) is 0 Å². The molecule has 0 aromatic carbocycles. The molecule has 0 atom stereocenters. The predicted molar refractivity (Wildman–Crippen MR) is 173 cm³/mol. The molecule has 0 aliphatic carbocycles. The van der Waals surface area contributed by atoms with Crippen molar-refractivity contribution in [1.82, 2.24) is 0 Å². The van der Waals surface area contributed by atoms with Gasteiger partial charge in [-0.25, -0.2) is 0 Å². The summed E-state index contributed by atoms with van der Waals surface area (Å²) in [5.74, 6) is -8.94. The van der Waals surface area contributed by atoms with E-state index in [0.717, 1.165) is 0 Å². The maximum absolute atomic E-state index is 10.00. The van der Waals surface area contributed by atoms with Gasteiger partial charge in [-0.1, -0.05) is 20.8 Å². The Balaban J connectivity index is -0.000000161. The standard InChI is InChI=1S/2C8H17.3C6H8O4.2Sn/c2*1-3-5-7-8-6-4-2;3*1-2-4(6(9)10)3-5(7)8;;/h2*1,3-8H2,2H3;3*3H,2H2,1H3,(H,7,8)(H,9,10);;/q;;;;;2*+3/p-6/b;;3*4-3-;;. The summed E-state index contributed by atoms with van der Waals surface area (Å²) >= 11 is 3.42. The van der Waals surface area contributed by atoms with Gasteiger partial charge in [0.05, 0.1) is 35.8 Å². The van der Waals surface area contributed by atoms with Gasteiger partial charge in [0, 0.05) is 0 Å². The number of rotatable bonds is 21. The first-order valence-corrected chi connectivity index (χ1v) is 20.3. The molecule has 0 rings (SSSR count). The third-order valence-corrected chi connectivity index (χ3v) is 7.88. The van der Waals surface area contributed by atoms with E-state index in [9.17, 15) is 59.4 Å². The molecule has 0 spiro atoms. The summed E-state index contributed by atoms with van der Waals surface area (Å²) in [5.41, 5.74) is -0.792. The summed E-state index contributed by atoms with van der Waals surface area (Å²) in [4.78, 5) is 59.4. The minimum atomic E-state index is -1.51. The average molecular weight is 890 g/mol. The van der Waals surface area contributed by atoms with Gasteiger partial charge in [0.25, 0.3) is 0 Å². The molecule has 0 aliphatic heterocycles. The van der Waals surface area contributed by atoms with E-state index < -0.39 is 35.8 Å². The molecule has 0 N–H and O–H groups in total. The summed E-state index contributed by atoms with van der Waals surface area (Å²) in [6.07, 6.45) is 19.3. The molecule has 0 fully saturated rings. The van der Waals surface area contributed by atoms with Crippen LogP contribution in [0.4, 0.5) is 0 Å². The van der Waals surface area contributed by atoms with Gasteiger partial charge in [-0.05, 0) is 54.2 Å². The molecular formula is C34H52O12Sn2. The third kappa shape index (κ3) is 50.5. The Kier molecular flexibility index (Phi) is 48.9. The third-order valence-electron chi connectivity index (χ3n) is 5.87. The fourth-order valence-corrected chi connectivity index (χ4v) is 4.58. The molecule has 268 valence electrons. The van der Waals surface area contributed by atoms with E-state index in [1.165, 1.54) is 107 Å². The van der Waals surface area contributed by atoms with Crippen molar-refractivity contribution in [2.24, 2.45) is 0 Å². The first-order valence-electron chi connectivity index (χ1n) is 16.2. The fraction of sp³-hybridized carbons (Fsp3) is 0.647. The second-order valence-corrected chi connectivity index (χ2v) is 12.8. The van der Waals surface area contributed by atoms with Crippen LogP contribution >= 0.6 is 0 Å². The van der Waals surface area contributed by atoms with E-state index >= 15 is 0 Å². The van der Waals surface area contributed by atoms with Gasteiger partial charge in [0.1, 0.15) is 0 Å². The number of hydrogen-bond donors (Lipinski definition) is 0. The van der Waals surface area contributed by atoms with Gasteiger partial charge in [0.15, 0.2) is 0 Å². The Morgan fingerprint density at radius 3 is 0.729 bits per heavy atom. The molecule has 0 unspecified atom stereocenters. The topological polar surface area (TPSA) is 241 Å². The molecular weight excluding hydrogens is 838 g/mol. The molecule has 0 saturated carbocycles. The molecule has 0 aromatic heterocycles. The van der Waals surface area contributed by atoms with Crippen molar-refractivity contribution in [3.8, 4) is 0 Å². The molecule has 12 nitrogen and oxygen atoms in total. The number of aliphatic carboxylic acids is 6. The van der Waals surface area contributed by atoms with Gasteiger partial charge < -0.3 is 59.4 Å². The Morgan fingerprint density at radius 2 is 0.604 bits per heavy atom. The molecule has 0 saturated heterocycles. The van der Waals surface area contributed by atoms with Crippen LogP contribution in [0.5, 0.6) is 0 Å². The van der Waals surface area contributed by atoms with Crippen molar-refractivity contribution >= 4 is 80.9 Å². The van der Waals surface area contributed by atoms with E-state index in [-0.39, 0.29) is 36.0 Å². The van der Waals surface area contributed by atoms with E-state index in [1.54, 1.807) is 45.0 Å². The van der Waals surface area contributed by atoms with Crippen LogP contribution in [0.1, 0.15) is 131 Å². The van der Waals surface area contributed by atoms with Crippen molar-refractivity contribution in [2.45, 2.75) is 140 Å². The van der Waals surface area contributed by atoms with Gasteiger partial charge in [-0.2, -0.15) is 0 Å². The summed E-state index contributed by atoms with van der Waals surface area (Å²) in [6, 6.07) is 0. The van der Waals surface area contributed by atoms with E-state index in [1.807, 2.05) is 0 Å². The number of carbonyl (C=O) groups is 6. The maximum atomic E-state index is 10.00. The molecule has 48 heavy (non-hydrogen) atoms. The normalized spacial score (nSPS) is 10.7. The predicted octanol–water partition coefficient (Wildman–Crippen LogP) is -0.665. The van der Waals surface area contributed by atoms with E-state index in [2.05, 4.69) is 13.8 Å². The first kappa shape index (κ1) is 55.1. The average Bonchev–Trinajstić information content (AvgIpc) is 3.01. The van der Waals surface area contributed by atoms with Crippen molar-refractivity contribution < 1.29 is 59.4 Å². The molecule has 0 aliphatic rings. The minimum absolute atomic E-state index is 0.121. The number of unbranched alkanes of at least 4 members (excludes halogenated alkanes) is 10. The fourth-order valence-electron chi connectivity index (χ4n) is 3.15. The van der Waals surface area contributed by atoms with Gasteiger partial charge >= 0.3 is 145 Å². The van der Waals surface area contributed by atoms with Crippen molar-refractivity contribution in [3.05, 3.63) is 34.9 Å². The van der Waals surface area contributed by atoms with Crippen LogP contribution in [0.15, 0.2) is 34.9 Å². The van der Waals surface area contributed by atoms with Gasteiger partial charge in [-0.3, -0.25) is 0 Å². The Labute approximate surface area is 313 Å². The molecule has 0 heterocycles. The van der Waals surface area contributed by atoms with Gasteiger partial charge in [0.2, 0.25) is 0 Å². The van der Waals surface area contributed by atoms with Crippen molar-refractivity contribution in [2.75, 3.05) is 0 Å². The molecule has 0 radical (unpaired) electrons. The molecule has 0 bridgehead atoms. The van der Waals surface area contributed by atoms with Gasteiger partial charge in [-0.15, -0.1) is 0 Å². The van der Waals surface area contributed by atoms with Crippen molar-refractivity contribution in [1.29, 1.82) is 0 Å². The summed E-state index contributed by atoms with van der Waals surface area (Å²) < 4.78 is 2.91. The quantitative estimate of drug-likeness (QED) is 0.0793. The summed E-state index contributed by atoms with van der Waals surface area (Å²) in [7, 11) is 0. The Bertz CT molecular complexity index is 847. The van der Waals surface area contributed by atoms with Crippen LogP contribution in [0.25, 0.3) is 0 Å². The zero-order chi connectivity index (χ0) is 38.3.